The summed E-state index contributed by atoms with van der Waals surface area (Å²) in [7, 11) is 3.22. The van der Waals surface area contributed by atoms with Crippen molar-refractivity contribution in [2.45, 2.75) is 12.8 Å². The van der Waals surface area contributed by atoms with Crippen molar-refractivity contribution in [3.63, 3.8) is 0 Å². The average Bonchev–Trinajstić information content (AvgIpc) is 3.41. The Morgan fingerprint density at radius 2 is 1.71 bits per heavy atom. The largest absolute Gasteiger partial charge is 0.464 e. The maximum absolute atomic E-state index is 13.6. The molecule has 0 atom stereocenters. The van der Waals surface area contributed by atoms with E-state index in [1.165, 1.54) is 32.1 Å². The van der Waals surface area contributed by atoms with E-state index in [9.17, 15) is 9.18 Å². The molecule has 0 bridgehead atoms. The van der Waals surface area contributed by atoms with E-state index in [2.05, 4.69) is 15.2 Å². The number of anilines is 1. The van der Waals surface area contributed by atoms with Crippen molar-refractivity contribution in [1.29, 1.82) is 0 Å². The lowest BCUT2D eigenvalue weighted by Crippen LogP contribution is -2.26. The third-order valence-electron chi connectivity index (χ3n) is 5.79. The third-order valence-corrected chi connectivity index (χ3v) is 5.79. The van der Waals surface area contributed by atoms with Crippen LogP contribution in [0.2, 0.25) is 0 Å². The monoisotopic (exact) mass is 422 g/mol. The smallest absolute Gasteiger partial charge is 0.355 e. The summed E-state index contributed by atoms with van der Waals surface area (Å²) < 4.78 is 20.6. The van der Waals surface area contributed by atoms with E-state index in [-0.39, 0.29) is 5.82 Å². The van der Waals surface area contributed by atoms with Gasteiger partial charge in [-0.3, -0.25) is 4.98 Å². The molecule has 1 aliphatic heterocycles. The normalized spacial score (nSPS) is 14.0. The van der Waals surface area contributed by atoms with Gasteiger partial charge in [0.15, 0.2) is 0 Å². The van der Waals surface area contributed by atoms with Crippen molar-refractivity contribution < 1.29 is 13.9 Å². The molecule has 1 aliphatic rings. The zero-order valence-corrected chi connectivity index (χ0v) is 17.9. The predicted molar refractivity (Wildman–Crippen MR) is 120 cm³/mol. The SMILES string of the molecule is COC(=O)c1c(-c2ccc(F)cc2)c(-c2ccncc2)c(NCCN2CCCC2)n1C. The summed E-state index contributed by atoms with van der Waals surface area (Å²) in [6, 6.07) is 10.0. The van der Waals surface area contributed by atoms with E-state index in [1.807, 2.05) is 23.7 Å². The van der Waals surface area contributed by atoms with Gasteiger partial charge in [-0.05, 0) is 61.3 Å². The van der Waals surface area contributed by atoms with Gasteiger partial charge in [0.2, 0.25) is 0 Å². The molecule has 0 unspecified atom stereocenters. The maximum atomic E-state index is 13.6. The molecule has 3 heterocycles. The topological polar surface area (TPSA) is 59.4 Å². The van der Waals surface area contributed by atoms with Crippen LogP contribution < -0.4 is 5.32 Å². The Hall–Kier alpha value is -3.19. The first-order valence-electron chi connectivity index (χ1n) is 10.5. The molecular weight excluding hydrogens is 395 g/mol. The van der Waals surface area contributed by atoms with E-state index >= 15 is 0 Å². The summed E-state index contributed by atoms with van der Waals surface area (Å²) >= 11 is 0. The summed E-state index contributed by atoms with van der Waals surface area (Å²) in [5.41, 5.74) is 3.67. The van der Waals surface area contributed by atoms with Gasteiger partial charge in [-0.25, -0.2) is 9.18 Å². The quantitative estimate of drug-likeness (QED) is 0.579. The van der Waals surface area contributed by atoms with Crippen LogP contribution in [0.1, 0.15) is 23.3 Å². The predicted octanol–water partition coefficient (Wildman–Crippen LogP) is 4.19. The second-order valence-electron chi connectivity index (χ2n) is 7.72. The fraction of sp³-hybridized carbons (Fsp3) is 0.333. The second kappa shape index (κ2) is 9.31. The number of esters is 1. The number of carbonyl (C=O) groups excluding carboxylic acids is 1. The Balaban J connectivity index is 1.84. The number of halogens is 1. The molecule has 0 spiro atoms. The van der Waals surface area contributed by atoms with Crippen LogP contribution in [0.3, 0.4) is 0 Å². The van der Waals surface area contributed by atoms with Gasteiger partial charge < -0.3 is 19.5 Å². The van der Waals surface area contributed by atoms with Gasteiger partial charge in [-0.2, -0.15) is 0 Å². The van der Waals surface area contributed by atoms with Crippen molar-refractivity contribution in [2.24, 2.45) is 7.05 Å². The van der Waals surface area contributed by atoms with Crippen LogP contribution in [0.25, 0.3) is 22.3 Å². The number of nitrogens with zero attached hydrogens (tertiary/aromatic N) is 3. The van der Waals surface area contributed by atoms with E-state index < -0.39 is 5.97 Å². The van der Waals surface area contributed by atoms with Crippen molar-refractivity contribution in [1.82, 2.24) is 14.5 Å². The van der Waals surface area contributed by atoms with Crippen molar-refractivity contribution in [3.8, 4) is 22.3 Å². The number of carbonyl (C=O) groups is 1. The molecule has 6 nitrogen and oxygen atoms in total. The Bertz CT molecular complexity index is 1040. The van der Waals surface area contributed by atoms with E-state index in [0.717, 1.165) is 48.7 Å². The Kier molecular flexibility index (Phi) is 6.32. The lowest BCUT2D eigenvalue weighted by molar-refractivity contribution is 0.0591. The van der Waals surface area contributed by atoms with Crippen molar-refractivity contribution in [3.05, 3.63) is 60.3 Å². The molecule has 2 aromatic heterocycles. The first-order chi connectivity index (χ1) is 15.1. The highest BCUT2D eigenvalue weighted by molar-refractivity contribution is 6.05. The molecule has 1 saturated heterocycles. The number of hydrogen-bond donors (Lipinski definition) is 1. The Labute approximate surface area is 181 Å². The number of pyridine rings is 1. The van der Waals surface area contributed by atoms with E-state index in [0.29, 0.717) is 11.3 Å². The zero-order chi connectivity index (χ0) is 21.8. The molecule has 0 aliphatic carbocycles. The molecule has 7 heteroatoms. The minimum Gasteiger partial charge on any atom is -0.464 e. The van der Waals surface area contributed by atoms with Gasteiger partial charge in [-0.1, -0.05) is 12.1 Å². The molecule has 0 saturated carbocycles. The number of benzene rings is 1. The van der Waals surface area contributed by atoms with Gasteiger partial charge in [0.1, 0.15) is 17.3 Å². The first kappa shape index (κ1) is 21.1. The number of ether oxygens (including phenoxy) is 1. The van der Waals surface area contributed by atoms with Crippen LogP contribution in [0.5, 0.6) is 0 Å². The summed E-state index contributed by atoms with van der Waals surface area (Å²) in [6.07, 6.45) is 5.94. The number of hydrogen-bond acceptors (Lipinski definition) is 5. The average molecular weight is 423 g/mol. The summed E-state index contributed by atoms with van der Waals surface area (Å²) in [4.78, 5) is 19.4. The van der Waals surface area contributed by atoms with Crippen LogP contribution in [-0.4, -0.2) is 53.7 Å². The number of aromatic nitrogens is 2. The van der Waals surface area contributed by atoms with Crippen LogP contribution in [0, 0.1) is 5.82 Å². The summed E-state index contributed by atoms with van der Waals surface area (Å²) in [6.45, 7) is 3.93. The Morgan fingerprint density at radius 1 is 1.06 bits per heavy atom. The van der Waals surface area contributed by atoms with E-state index in [4.69, 9.17) is 4.74 Å². The number of methoxy groups -OCH3 is 1. The number of rotatable bonds is 7. The van der Waals surface area contributed by atoms with Gasteiger partial charge in [0, 0.05) is 43.7 Å². The fourth-order valence-electron chi connectivity index (χ4n) is 4.26. The lowest BCUT2D eigenvalue weighted by Gasteiger charge is -2.17. The van der Waals surface area contributed by atoms with Crippen molar-refractivity contribution in [2.75, 3.05) is 38.6 Å². The molecule has 162 valence electrons. The third kappa shape index (κ3) is 4.32. The molecule has 0 radical (unpaired) electrons. The summed E-state index contributed by atoms with van der Waals surface area (Å²) in [5, 5.41) is 3.55. The molecular formula is C24H27FN4O2. The fourth-order valence-corrected chi connectivity index (χ4v) is 4.26. The Morgan fingerprint density at radius 3 is 2.35 bits per heavy atom. The maximum Gasteiger partial charge on any atom is 0.355 e. The van der Waals surface area contributed by atoms with Crippen molar-refractivity contribution >= 4 is 11.8 Å². The van der Waals surface area contributed by atoms with Gasteiger partial charge in [-0.15, -0.1) is 0 Å². The minimum atomic E-state index is -0.440. The highest BCUT2D eigenvalue weighted by Gasteiger charge is 2.28. The van der Waals surface area contributed by atoms with Gasteiger partial charge in [0.25, 0.3) is 0 Å². The van der Waals surface area contributed by atoms with Gasteiger partial charge in [0.05, 0.1) is 7.11 Å². The molecule has 31 heavy (non-hydrogen) atoms. The number of nitrogens with one attached hydrogen (secondary N) is 1. The highest BCUT2D eigenvalue weighted by Crippen LogP contribution is 2.42. The molecule has 1 aromatic carbocycles. The molecule has 4 rings (SSSR count). The molecule has 1 N–H and O–H groups in total. The lowest BCUT2D eigenvalue weighted by atomic mass is 9.96. The second-order valence-corrected chi connectivity index (χ2v) is 7.72. The minimum absolute atomic E-state index is 0.325. The molecule has 0 amide bonds. The van der Waals surface area contributed by atoms with Crippen LogP contribution >= 0.6 is 0 Å². The standard InChI is InChI=1S/C24H27FN4O2/c1-28-22(24(30)31-2)20(17-5-7-19(25)8-6-17)21(18-9-11-26-12-10-18)23(28)27-13-16-29-14-3-4-15-29/h5-12,27H,3-4,13-16H2,1-2H3. The molecule has 3 aromatic rings. The van der Waals surface area contributed by atoms with Gasteiger partial charge >= 0.3 is 5.97 Å². The first-order valence-corrected chi connectivity index (χ1v) is 10.5. The number of likely N-dealkylation sites (tertiary alicyclic amines) is 1. The molecule has 1 fully saturated rings. The van der Waals surface area contributed by atoms with Crippen LogP contribution in [0.15, 0.2) is 48.8 Å². The summed E-state index contributed by atoms with van der Waals surface area (Å²) in [5.74, 6) is 0.0589. The van der Waals surface area contributed by atoms with Crippen LogP contribution in [-0.2, 0) is 11.8 Å². The van der Waals surface area contributed by atoms with Crippen LogP contribution in [0.4, 0.5) is 10.2 Å². The zero-order valence-electron chi connectivity index (χ0n) is 17.9. The van der Waals surface area contributed by atoms with E-state index in [1.54, 1.807) is 24.5 Å². The highest BCUT2D eigenvalue weighted by atomic mass is 19.1.